The maximum atomic E-state index is 13.5. The predicted octanol–water partition coefficient (Wildman–Crippen LogP) is 7.98. The van der Waals surface area contributed by atoms with Gasteiger partial charge in [-0.25, -0.2) is 0 Å². The highest BCUT2D eigenvalue weighted by atomic mass is 19.4. The van der Waals surface area contributed by atoms with Gasteiger partial charge in [0, 0.05) is 11.5 Å². The first-order valence-electron chi connectivity index (χ1n) is 12.6. The van der Waals surface area contributed by atoms with Crippen LogP contribution in [0, 0.1) is 40.4 Å². The van der Waals surface area contributed by atoms with Crippen molar-refractivity contribution < 1.29 is 22.7 Å². The van der Waals surface area contributed by atoms with Crippen molar-refractivity contribution in [2.45, 2.75) is 78.0 Å². The third-order valence-corrected chi connectivity index (χ3v) is 10.3. The van der Waals surface area contributed by atoms with Crippen molar-refractivity contribution in [3.8, 4) is 5.75 Å². The molecule has 180 valence electrons. The molecule has 0 aliphatic heterocycles. The number of hydrogen-bond donors (Lipinski definition) is 0. The first-order valence-corrected chi connectivity index (χ1v) is 12.6. The lowest BCUT2D eigenvalue weighted by atomic mass is 9.44. The van der Waals surface area contributed by atoms with Crippen molar-refractivity contribution in [2.24, 2.45) is 40.4 Å². The lowest BCUT2D eigenvalue weighted by molar-refractivity contribution is -0.274. The smallest absolute Gasteiger partial charge is 0.406 e. The Labute approximate surface area is 195 Å². The van der Waals surface area contributed by atoms with E-state index in [2.05, 4.69) is 25.2 Å². The minimum atomic E-state index is -4.72. The lowest BCUT2D eigenvalue weighted by Crippen LogP contribution is -2.53. The van der Waals surface area contributed by atoms with E-state index in [1.54, 1.807) is 0 Å². The molecule has 0 amide bonds. The molecule has 0 saturated heterocycles. The number of ketones is 1. The minimum Gasteiger partial charge on any atom is -0.406 e. The zero-order valence-electron chi connectivity index (χ0n) is 19.7. The Morgan fingerprint density at radius 1 is 0.970 bits per heavy atom. The summed E-state index contributed by atoms with van der Waals surface area (Å²) in [5.41, 5.74) is 2.32. The van der Waals surface area contributed by atoms with Crippen molar-refractivity contribution in [2.75, 3.05) is 0 Å². The fraction of sp³-hybridized carbons (Fsp3) is 0.679. The molecule has 4 fully saturated rings. The summed E-state index contributed by atoms with van der Waals surface area (Å²) in [6, 6.07) is 5.50. The fourth-order valence-corrected chi connectivity index (χ4v) is 8.61. The third kappa shape index (κ3) is 3.83. The van der Waals surface area contributed by atoms with E-state index in [4.69, 9.17) is 0 Å². The number of ether oxygens (including phenoxy) is 1. The molecule has 1 aromatic rings. The number of allylic oxidation sites excluding steroid dienone is 1. The zero-order chi connectivity index (χ0) is 23.6. The van der Waals surface area contributed by atoms with Gasteiger partial charge in [0.2, 0.25) is 0 Å². The summed E-state index contributed by atoms with van der Waals surface area (Å²) in [6.07, 6.45) is 5.69. The van der Waals surface area contributed by atoms with Crippen molar-refractivity contribution >= 4 is 5.78 Å². The number of Topliss-reactive ketones (excluding diaryl/α,β-unsaturated/α-hetero) is 1. The molecule has 0 N–H and O–H groups in total. The molecule has 4 aliphatic rings. The van der Waals surface area contributed by atoms with E-state index in [1.165, 1.54) is 61.9 Å². The number of alkyl halides is 3. The monoisotopic (exact) mass is 460 g/mol. The van der Waals surface area contributed by atoms with Crippen molar-refractivity contribution in [3.63, 3.8) is 0 Å². The Morgan fingerprint density at radius 2 is 1.67 bits per heavy atom. The highest BCUT2D eigenvalue weighted by Crippen LogP contribution is 2.67. The Bertz CT molecular complexity index is 935. The molecule has 0 aromatic heterocycles. The van der Waals surface area contributed by atoms with Crippen LogP contribution < -0.4 is 4.74 Å². The fourth-order valence-electron chi connectivity index (χ4n) is 8.61. The summed E-state index contributed by atoms with van der Waals surface area (Å²) in [5, 5.41) is 0. The summed E-state index contributed by atoms with van der Waals surface area (Å²) < 4.78 is 41.4. The third-order valence-electron chi connectivity index (χ3n) is 10.3. The standard InChI is InChI=1S/C28H35F3O2/c1-17-12-14-26(2)19(16-17)6-9-21-22-10-11-24(27(22,3)15-13-23(21)26)25(32)18-4-7-20(8-5-18)33-28(29,30)31/h4-5,7-8,19,21-24H,1,6,9-16H2,2-3H3/t19-,21+,22?,23?,24-,26+,27+/m1/s1. The van der Waals surface area contributed by atoms with Gasteiger partial charge in [-0.3, -0.25) is 4.79 Å². The Hall–Kier alpha value is -1.78. The van der Waals surface area contributed by atoms with Gasteiger partial charge in [-0.15, -0.1) is 13.2 Å². The molecule has 0 spiro atoms. The van der Waals surface area contributed by atoms with Gasteiger partial charge in [-0.05, 0) is 117 Å². The maximum absolute atomic E-state index is 13.5. The van der Waals surface area contributed by atoms with Gasteiger partial charge in [0.15, 0.2) is 5.78 Å². The molecule has 5 rings (SSSR count). The topological polar surface area (TPSA) is 26.3 Å². The first kappa shape index (κ1) is 23.0. The predicted molar refractivity (Wildman–Crippen MR) is 122 cm³/mol. The van der Waals surface area contributed by atoms with Gasteiger partial charge >= 0.3 is 6.36 Å². The van der Waals surface area contributed by atoms with Gasteiger partial charge < -0.3 is 4.74 Å². The van der Waals surface area contributed by atoms with E-state index in [-0.39, 0.29) is 22.9 Å². The molecule has 4 aliphatic carbocycles. The van der Waals surface area contributed by atoms with E-state index >= 15 is 0 Å². The van der Waals surface area contributed by atoms with Crippen molar-refractivity contribution in [1.29, 1.82) is 0 Å². The van der Waals surface area contributed by atoms with Gasteiger partial charge in [0.25, 0.3) is 0 Å². The first-order chi connectivity index (χ1) is 15.5. The van der Waals surface area contributed by atoms with Crippen LogP contribution in [0.25, 0.3) is 0 Å². The quantitative estimate of drug-likeness (QED) is 0.338. The number of halogens is 3. The number of rotatable bonds is 3. The second-order valence-corrected chi connectivity index (χ2v) is 11.7. The van der Waals surface area contributed by atoms with Crippen molar-refractivity contribution in [3.05, 3.63) is 42.0 Å². The molecule has 0 bridgehead atoms. The maximum Gasteiger partial charge on any atom is 0.573 e. The number of carbonyl (C=O) groups is 1. The minimum absolute atomic E-state index is 0.0130. The summed E-state index contributed by atoms with van der Waals surface area (Å²) >= 11 is 0. The number of hydrogen-bond acceptors (Lipinski definition) is 2. The molecule has 7 atom stereocenters. The van der Waals surface area contributed by atoms with Crippen LogP contribution in [0.1, 0.15) is 82.0 Å². The molecule has 1 aromatic carbocycles. The van der Waals surface area contributed by atoms with Crippen LogP contribution >= 0.6 is 0 Å². The molecule has 2 nitrogen and oxygen atoms in total. The normalized spacial score (nSPS) is 40.5. The second kappa shape index (κ2) is 7.88. The van der Waals surface area contributed by atoms with E-state index in [0.717, 1.165) is 37.5 Å². The van der Waals surface area contributed by atoms with Crippen LogP contribution in [0.2, 0.25) is 0 Å². The van der Waals surface area contributed by atoms with Crippen LogP contribution in [-0.4, -0.2) is 12.1 Å². The average Bonchev–Trinajstić information content (AvgIpc) is 3.10. The van der Waals surface area contributed by atoms with E-state index in [9.17, 15) is 18.0 Å². The van der Waals surface area contributed by atoms with Crippen LogP contribution in [0.3, 0.4) is 0 Å². The summed E-state index contributed by atoms with van der Waals surface area (Å²) in [4.78, 5) is 13.5. The zero-order valence-corrected chi connectivity index (χ0v) is 19.7. The van der Waals surface area contributed by atoms with E-state index in [0.29, 0.717) is 22.8 Å². The van der Waals surface area contributed by atoms with Crippen LogP contribution in [0.5, 0.6) is 5.75 Å². The summed E-state index contributed by atoms with van der Waals surface area (Å²) in [6.45, 7) is 9.14. The lowest BCUT2D eigenvalue weighted by Gasteiger charge is -2.60. The van der Waals surface area contributed by atoms with Crippen LogP contribution in [0.4, 0.5) is 13.2 Å². The Kier molecular flexibility index (Phi) is 5.49. The Morgan fingerprint density at radius 3 is 2.36 bits per heavy atom. The molecule has 4 saturated carbocycles. The van der Waals surface area contributed by atoms with Crippen molar-refractivity contribution in [1.82, 2.24) is 0 Å². The summed E-state index contributed by atoms with van der Waals surface area (Å²) in [7, 11) is 0. The average molecular weight is 461 g/mol. The molecule has 33 heavy (non-hydrogen) atoms. The molecule has 2 unspecified atom stereocenters. The van der Waals surface area contributed by atoms with Gasteiger partial charge in [-0.1, -0.05) is 26.0 Å². The molecule has 0 heterocycles. The SMILES string of the molecule is C=C1CC[C@]2(C)C3CC[C@@]4(C)C(CC[C@@H]4C(=O)c4ccc(OC(F)(F)F)cc4)[C@@H]3CC[C@@H]2C1. The molecule has 0 radical (unpaired) electrons. The highest BCUT2D eigenvalue weighted by molar-refractivity contribution is 5.98. The van der Waals surface area contributed by atoms with Gasteiger partial charge in [0.1, 0.15) is 5.75 Å². The molecular formula is C28H35F3O2. The number of benzene rings is 1. The number of carbonyl (C=O) groups excluding carboxylic acids is 1. The number of fused-ring (bicyclic) bond motifs is 5. The van der Waals surface area contributed by atoms with Crippen LogP contribution in [0.15, 0.2) is 36.4 Å². The second-order valence-electron chi connectivity index (χ2n) is 11.7. The highest BCUT2D eigenvalue weighted by Gasteiger charge is 2.60. The largest absolute Gasteiger partial charge is 0.573 e. The van der Waals surface area contributed by atoms with Gasteiger partial charge in [0.05, 0.1) is 0 Å². The molecular weight excluding hydrogens is 425 g/mol. The van der Waals surface area contributed by atoms with E-state index < -0.39 is 6.36 Å². The van der Waals surface area contributed by atoms with E-state index in [1.807, 2.05) is 0 Å². The summed E-state index contributed by atoms with van der Waals surface area (Å²) in [5.74, 6) is 2.53. The Balaban J connectivity index is 1.34. The van der Waals surface area contributed by atoms with Crippen LogP contribution in [-0.2, 0) is 0 Å². The molecule has 5 heteroatoms. The van der Waals surface area contributed by atoms with Gasteiger partial charge in [-0.2, -0.15) is 0 Å².